The lowest BCUT2D eigenvalue weighted by Gasteiger charge is -1.99. The molecule has 0 heterocycles. The standard InChI is InChI=1S/C12H24/c1-3-5-6-7-8-9-12-10-11(12)4-2/h11-12H,3-10H2,1-2H3. The van der Waals surface area contributed by atoms with E-state index in [4.69, 9.17) is 0 Å². The lowest BCUT2D eigenvalue weighted by atomic mass is 10.1. The quantitative estimate of drug-likeness (QED) is 0.494. The SMILES string of the molecule is CCCCCCCC1CC1CC. The normalized spacial score (nSPS) is 27.5. The molecule has 72 valence electrons. The third kappa shape index (κ3) is 3.60. The second-order valence-corrected chi connectivity index (χ2v) is 4.37. The molecule has 2 unspecified atom stereocenters. The molecule has 0 saturated heterocycles. The molecule has 0 spiro atoms. The van der Waals surface area contributed by atoms with Gasteiger partial charge in [-0.15, -0.1) is 0 Å². The summed E-state index contributed by atoms with van der Waals surface area (Å²) < 4.78 is 0. The van der Waals surface area contributed by atoms with Gasteiger partial charge in [0.25, 0.3) is 0 Å². The van der Waals surface area contributed by atoms with Gasteiger partial charge in [-0.05, 0) is 18.3 Å². The zero-order chi connectivity index (χ0) is 8.81. The topological polar surface area (TPSA) is 0 Å². The van der Waals surface area contributed by atoms with Crippen LogP contribution in [0.4, 0.5) is 0 Å². The predicted molar refractivity (Wildman–Crippen MR) is 55.3 cm³/mol. The van der Waals surface area contributed by atoms with Crippen LogP contribution >= 0.6 is 0 Å². The number of hydrogen-bond donors (Lipinski definition) is 0. The average molecular weight is 168 g/mol. The molecular weight excluding hydrogens is 144 g/mol. The number of rotatable bonds is 7. The van der Waals surface area contributed by atoms with Crippen molar-refractivity contribution >= 4 is 0 Å². The Balaban J connectivity index is 1.78. The zero-order valence-corrected chi connectivity index (χ0v) is 8.81. The van der Waals surface area contributed by atoms with Crippen molar-refractivity contribution < 1.29 is 0 Å². The first-order chi connectivity index (χ1) is 5.88. The van der Waals surface area contributed by atoms with Gasteiger partial charge in [-0.25, -0.2) is 0 Å². The maximum Gasteiger partial charge on any atom is -0.0383 e. The highest BCUT2D eigenvalue weighted by molar-refractivity contribution is 4.84. The summed E-state index contributed by atoms with van der Waals surface area (Å²) in [6, 6.07) is 0. The Kier molecular flexibility index (Phi) is 4.72. The first-order valence-electron chi connectivity index (χ1n) is 5.88. The van der Waals surface area contributed by atoms with Crippen LogP contribution in [0, 0.1) is 11.8 Å². The molecule has 0 nitrogen and oxygen atoms in total. The van der Waals surface area contributed by atoms with Crippen LogP contribution in [0.2, 0.25) is 0 Å². The Hall–Kier alpha value is 0. The largest absolute Gasteiger partial charge is 0.0654 e. The molecule has 12 heavy (non-hydrogen) atoms. The minimum absolute atomic E-state index is 1.12. The van der Waals surface area contributed by atoms with Crippen LogP contribution in [0.15, 0.2) is 0 Å². The molecule has 1 rings (SSSR count). The molecule has 1 saturated carbocycles. The summed E-state index contributed by atoms with van der Waals surface area (Å²) >= 11 is 0. The highest BCUT2D eigenvalue weighted by atomic mass is 14.4. The number of unbranched alkanes of at least 4 members (excludes halogenated alkanes) is 4. The van der Waals surface area contributed by atoms with Gasteiger partial charge in [0.2, 0.25) is 0 Å². The molecule has 1 fully saturated rings. The first-order valence-corrected chi connectivity index (χ1v) is 5.88. The Labute approximate surface area is 77.7 Å². The van der Waals surface area contributed by atoms with Crippen LogP contribution in [0.3, 0.4) is 0 Å². The van der Waals surface area contributed by atoms with Crippen LogP contribution < -0.4 is 0 Å². The van der Waals surface area contributed by atoms with Crippen LogP contribution in [0.5, 0.6) is 0 Å². The molecule has 0 radical (unpaired) electrons. The molecule has 1 aliphatic rings. The predicted octanol–water partition coefficient (Wildman–Crippen LogP) is 4.39. The van der Waals surface area contributed by atoms with E-state index >= 15 is 0 Å². The third-order valence-electron chi connectivity index (χ3n) is 3.27. The van der Waals surface area contributed by atoms with Crippen molar-refractivity contribution in [3.8, 4) is 0 Å². The fourth-order valence-electron chi connectivity index (χ4n) is 2.17. The van der Waals surface area contributed by atoms with E-state index in [1.807, 2.05) is 0 Å². The molecule has 0 amide bonds. The van der Waals surface area contributed by atoms with Gasteiger partial charge in [-0.1, -0.05) is 58.8 Å². The van der Waals surface area contributed by atoms with Crippen LogP contribution in [-0.4, -0.2) is 0 Å². The fourth-order valence-corrected chi connectivity index (χ4v) is 2.17. The van der Waals surface area contributed by atoms with Crippen LogP contribution in [0.1, 0.15) is 65.2 Å². The monoisotopic (exact) mass is 168 g/mol. The average Bonchev–Trinajstić information content (AvgIpc) is 2.83. The van der Waals surface area contributed by atoms with Gasteiger partial charge in [0.15, 0.2) is 0 Å². The van der Waals surface area contributed by atoms with Gasteiger partial charge in [-0.3, -0.25) is 0 Å². The molecule has 1 aliphatic carbocycles. The molecule has 2 atom stereocenters. The van der Waals surface area contributed by atoms with Crippen molar-refractivity contribution in [3.05, 3.63) is 0 Å². The molecule has 0 N–H and O–H groups in total. The Morgan fingerprint density at radius 2 is 1.67 bits per heavy atom. The van der Waals surface area contributed by atoms with Crippen molar-refractivity contribution in [2.45, 2.75) is 65.2 Å². The van der Waals surface area contributed by atoms with Crippen molar-refractivity contribution in [1.29, 1.82) is 0 Å². The second-order valence-electron chi connectivity index (χ2n) is 4.37. The maximum atomic E-state index is 2.34. The Bertz CT molecular complexity index is 107. The van der Waals surface area contributed by atoms with E-state index < -0.39 is 0 Å². The maximum absolute atomic E-state index is 2.34. The van der Waals surface area contributed by atoms with Crippen LogP contribution in [0.25, 0.3) is 0 Å². The van der Waals surface area contributed by atoms with Crippen molar-refractivity contribution in [2.24, 2.45) is 11.8 Å². The smallest absolute Gasteiger partial charge is 0.0383 e. The van der Waals surface area contributed by atoms with E-state index in [1.54, 1.807) is 6.42 Å². The Morgan fingerprint density at radius 1 is 0.917 bits per heavy atom. The molecular formula is C12H24. The zero-order valence-electron chi connectivity index (χ0n) is 8.81. The van der Waals surface area contributed by atoms with Gasteiger partial charge in [-0.2, -0.15) is 0 Å². The van der Waals surface area contributed by atoms with E-state index in [-0.39, 0.29) is 0 Å². The van der Waals surface area contributed by atoms with E-state index in [1.165, 1.54) is 44.9 Å². The molecule has 0 heteroatoms. The summed E-state index contributed by atoms with van der Waals surface area (Å²) in [5, 5.41) is 0. The molecule has 0 aromatic rings. The van der Waals surface area contributed by atoms with E-state index in [0.29, 0.717) is 0 Å². The highest BCUT2D eigenvalue weighted by Crippen LogP contribution is 2.44. The minimum Gasteiger partial charge on any atom is -0.0654 e. The van der Waals surface area contributed by atoms with Gasteiger partial charge in [0, 0.05) is 0 Å². The molecule has 0 aliphatic heterocycles. The fraction of sp³-hybridized carbons (Fsp3) is 1.00. The molecule has 0 bridgehead atoms. The summed E-state index contributed by atoms with van der Waals surface area (Å²) in [5.74, 6) is 2.26. The summed E-state index contributed by atoms with van der Waals surface area (Å²) in [6.07, 6.45) is 11.8. The minimum atomic E-state index is 1.12. The van der Waals surface area contributed by atoms with Crippen molar-refractivity contribution in [3.63, 3.8) is 0 Å². The summed E-state index contributed by atoms with van der Waals surface area (Å²) in [5.41, 5.74) is 0. The van der Waals surface area contributed by atoms with Crippen LogP contribution in [-0.2, 0) is 0 Å². The first kappa shape index (κ1) is 10.1. The Morgan fingerprint density at radius 3 is 2.25 bits per heavy atom. The van der Waals surface area contributed by atoms with Crippen molar-refractivity contribution in [2.75, 3.05) is 0 Å². The summed E-state index contributed by atoms with van der Waals surface area (Å²) in [4.78, 5) is 0. The lowest BCUT2D eigenvalue weighted by molar-refractivity contribution is 0.552. The van der Waals surface area contributed by atoms with E-state index in [9.17, 15) is 0 Å². The second kappa shape index (κ2) is 5.61. The molecule has 0 aromatic carbocycles. The highest BCUT2D eigenvalue weighted by Gasteiger charge is 2.33. The van der Waals surface area contributed by atoms with Gasteiger partial charge in [0.05, 0.1) is 0 Å². The lowest BCUT2D eigenvalue weighted by Crippen LogP contribution is -1.83. The van der Waals surface area contributed by atoms with Crippen molar-refractivity contribution in [1.82, 2.24) is 0 Å². The summed E-state index contributed by atoms with van der Waals surface area (Å²) in [7, 11) is 0. The number of hydrogen-bond acceptors (Lipinski definition) is 0. The van der Waals surface area contributed by atoms with Gasteiger partial charge < -0.3 is 0 Å². The summed E-state index contributed by atoms with van der Waals surface area (Å²) in [6.45, 7) is 4.62. The van der Waals surface area contributed by atoms with E-state index in [2.05, 4.69) is 13.8 Å². The molecule has 0 aromatic heterocycles. The van der Waals surface area contributed by atoms with Gasteiger partial charge in [0.1, 0.15) is 0 Å². The van der Waals surface area contributed by atoms with Gasteiger partial charge >= 0.3 is 0 Å². The van der Waals surface area contributed by atoms with E-state index in [0.717, 1.165) is 11.8 Å². The third-order valence-corrected chi connectivity index (χ3v) is 3.27.